The Labute approximate surface area is 183 Å². The number of carbonyl (C=O) groups excluding carboxylic acids is 1. The van der Waals surface area contributed by atoms with Crippen LogP contribution in [-0.4, -0.2) is 51.1 Å². The zero-order chi connectivity index (χ0) is 21.9. The Morgan fingerprint density at radius 2 is 2.10 bits per heavy atom. The monoisotopic (exact) mass is 436 g/mol. The molecule has 1 amide bonds. The van der Waals surface area contributed by atoms with Crippen LogP contribution < -0.4 is 16.2 Å². The molecule has 0 aliphatic carbocycles. The molecule has 5 rings (SSSR count). The zero-order valence-electron chi connectivity index (χ0n) is 17.7. The number of ether oxygens (including phenoxy) is 1. The number of anilines is 1. The Balaban J connectivity index is 1.68. The van der Waals surface area contributed by atoms with Gasteiger partial charge in [0.15, 0.2) is 5.82 Å². The SMILES string of the molecule is COc1cc(C)cc2cc(-c3cc(C(=O)N4CCC(C)(N)C4)n4ncnc(N)c34)sc12. The molecule has 160 valence electrons. The molecular weight excluding hydrogens is 412 g/mol. The predicted molar refractivity (Wildman–Crippen MR) is 123 cm³/mol. The summed E-state index contributed by atoms with van der Waals surface area (Å²) in [6, 6.07) is 8.09. The van der Waals surface area contributed by atoms with Gasteiger partial charge in [-0.2, -0.15) is 5.10 Å². The van der Waals surface area contributed by atoms with Gasteiger partial charge in [-0.05, 0) is 49.4 Å². The highest BCUT2D eigenvalue weighted by Crippen LogP contribution is 2.42. The maximum atomic E-state index is 13.4. The number of hydrogen-bond donors (Lipinski definition) is 2. The summed E-state index contributed by atoms with van der Waals surface area (Å²) in [5, 5.41) is 5.43. The van der Waals surface area contributed by atoms with Crippen LogP contribution in [0.25, 0.3) is 26.0 Å². The molecule has 0 saturated carbocycles. The van der Waals surface area contributed by atoms with Gasteiger partial charge in [0.05, 0.1) is 11.8 Å². The summed E-state index contributed by atoms with van der Waals surface area (Å²) in [5.41, 5.74) is 15.1. The number of fused-ring (bicyclic) bond motifs is 2. The van der Waals surface area contributed by atoms with Gasteiger partial charge in [0, 0.05) is 29.1 Å². The Kier molecular flexibility index (Phi) is 4.42. The molecule has 4 N–H and O–H groups in total. The van der Waals surface area contributed by atoms with Crippen molar-refractivity contribution in [3.63, 3.8) is 0 Å². The van der Waals surface area contributed by atoms with Crippen LogP contribution in [0, 0.1) is 6.92 Å². The number of hydrogen-bond acceptors (Lipinski definition) is 7. The summed E-state index contributed by atoms with van der Waals surface area (Å²) in [5.74, 6) is 1.05. The Bertz CT molecular complexity index is 1340. The molecule has 1 atom stereocenters. The Morgan fingerprint density at radius 3 is 2.81 bits per heavy atom. The maximum absolute atomic E-state index is 13.4. The molecule has 0 radical (unpaired) electrons. The van der Waals surface area contributed by atoms with Crippen LogP contribution in [0.3, 0.4) is 0 Å². The van der Waals surface area contributed by atoms with Gasteiger partial charge in [0.2, 0.25) is 0 Å². The van der Waals surface area contributed by atoms with Gasteiger partial charge >= 0.3 is 0 Å². The van der Waals surface area contributed by atoms with E-state index in [0.717, 1.165) is 38.3 Å². The molecule has 8 nitrogen and oxygen atoms in total. The quantitative estimate of drug-likeness (QED) is 0.510. The fourth-order valence-corrected chi connectivity index (χ4v) is 5.43. The third-order valence-corrected chi connectivity index (χ3v) is 7.00. The van der Waals surface area contributed by atoms with Crippen molar-refractivity contribution in [2.24, 2.45) is 5.73 Å². The van der Waals surface area contributed by atoms with Crippen LogP contribution in [0.15, 0.2) is 30.6 Å². The van der Waals surface area contributed by atoms with Gasteiger partial charge in [-0.3, -0.25) is 4.79 Å². The van der Waals surface area contributed by atoms with Gasteiger partial charge in [0.25, 0.3) is 5.91 Å². The number of amides is 1. The second-order valence-electron chi connectivity index (χ2n) is 8.48. The molecule has 4 heterocycles. The van der Waals surface area contributed by atoms with E-state index < -0.39 is 0 Å². The lowest BCUT2D eigenvalue weighted by atomic mass is 10.0. The number of aryl methyl sites for hydroxylation is 1. The van der Waals surface area contributed by atoms with Crippen molar-refractivity contribution < 1.29 is 9.53 Å². The van der Waals surface area contributed by atoms with Crippen LogP contribution in [0.1, 0.15) is 29.4 Å². The fourth-order valence-electron chi connectivity index (χ4n) is 4.28. The predicted octanol–water partition coefficient (Wildman–Crippen LogP) is 3.07. The van der Waals surface area contributed by atoms with E-state index in [0.29, 0.717) is 30.1 Å². The Morgan fingerprint density at radius 1 is 1.29 bits per heavy atom. The molecule has 1 fully saturated rings. The lowest BCUT2D eigenvalue weighted by molar-refractivity contribution is 0.0777. The first-order chi connectivity index (χ1) is 14.8. The van der Waals surface area contributed by atoms with Crippen LogP contribution in [-0.2, 0) is 0 Å². The Hall–Kier alpha value is -3.17. The van der Waals surface area contributed by atoms with Crippen molar-refractivity contribution in [1.82, 2.24) is 19.5 Å². The zero-order valence-corrected chi connectivity index (χ0v) is 18.5. The average molecular weight is 437 g/mol. The lowest BCUT2D eigenvalue weighted by Crippen LogP contribution is -2.41. The summed E-state index contributed by atoms with van der Waals surface area (Å²) in [6.45, 7) is 5.13. The van der Waals surface area contributed by atoms with Crippen LogP contribution >= 0.6 is 11.3 Å². The molecule has 0 spiro atoms. The molecule has 31 heavy (non-hydrogen) atoms. The van der Waals surface area contributed by atoms with Gasteiger partial charge in [-0.25, -0.2) is 9.50 Å². The molecule has 1 aliphatic heterocycles. The highest BCUT2D eigenvalue weighted by Gasteiger charge is 2.34. The van der Waals surface area contributed by atoms with E-state index in [9.17, 15) is 4.79 Å². The average Bonchev–Trinajstić information content (AvgIpc) is 3.41. The van der Waals surface area contributed by atoms with Crippen molar-refractivity contribution in [3.8, 4) is 16.2 Å². The third kappa shape index (κ3) is 3.21. The number of likely N-dealkylation sites (tertiary alicyclic amines) is 1. The second kappa shape index (κ2) is 6.93. The molecule has 3 aromatic heterocycles. The number of rotatable bonds is 3. The molecule has 1 unspecified atom stereocenters. The molecule has 4 aromatic rings. The smallest absolute Gasteiger partial charge is 0.272 e. The highest BCUT2D eigenvalue weighted by atomic mass is 32.1. The van der Waals surface area contributed by atoms with E-state index >= 15 is 0 Å². The largest absolute Gasteiger partial charge is 0.495 e. The first-order valence-corrected chi connectivity index (χ1v) is 10.9. The van der Waals surface area contributed by atoms with E-state index in [4.69, 9.17) is 16.2 Å². The number of aromatic nitrogens is 3. The summed E-state index contributed by atoms with van der Waals surface area (Å²) < 4.78 is 8.22. The number of nitrogen functional groups attached to an aromatic ring is 1. The summed E-state index contributed by atoms with van der Waals surface area (Å²) in [7, 11) is 1.67. The normalized spacial score (nSPS) is 18.9. The fraction of sp³-hybridized carbons (Fsp3) is 0.318. The van der Waals surface area contributed by atoms with E-state index in [-0.39, 0.29) is 11.4 Å². The minimum atomic E-state index is -0.376. The molecule has 1 aromatic carbocycles. The topological polar surface area (TPSA) is 112 Å². The van der Waals surface area contributed by atoms with Crippen LogP contribution in [0.2, 0.25) is 0 Å². The molecule has 9 heteroatoms. The molecule has 1 aliphatic rings. The maximum Gasteiger partial charge on any atom is 0.272 e. The van der Waals surface area contributed by atoms with E-state index in [2.05, 4.69) is 22.2 Å². The van der Waals surface area contributed by atoms with Gasteiger partial charge in [0.1, 0.15) is 23.3 Å². The molecule has 0 bridgehead atoms. The lowest BCUT2D eigenvalue weighted by Gasteiger charge is -2.19. The van der Waals surface area contributed by atoms with E-state index in [1.165, 1.54) is 6.33 Å². The third-order valence-electron chi connectivity index (χ3n) is 5.81. The number of thiophene rings is 1. The van der Waals surface area contributed by atoms with Crippen molar-refractivity contribution in [2.75, 3.05) is 25.9 Å². The first kappa shape index (κ1) is 19.8. The van der Waals surface area contributed by atoms with Gasteiger partial charge < -0.3 is 21.1 Å². The number of nitrogens with zero attached hydrogens (tertiary/aromatic N) is 4. The van der Waals surface area contributed by atoms with E-state index in [1.54, 1.807) is 27.9 Å². The van der Waals surface area contributed by atoms with Crippen molar-refractivity contribution in [1.29, 1.82) is 0 Å². The highest BCUT2D eigenvalue weighted by molar-refractivity contribution is 7.22. The van der Waals surface area contributed by atoms with Gasteiger partial charge in [-0.1, -0.05) is 6.07 Å². The van der Waals surface area contributed by atoms with Crippen molar-refractivity contribution in [3.05, 3.63) is 41.9 Å². The summed E-state index contributed by atoms with van der Waals surface area (Å²) in [6.07, 6.45) is 2.14. The standard InChI is InChI=1S/C22H24N6O2S/c1-12-6-13-8-17(31-19(13)16(7-12)30-3)14-9-15(28-18(14)20(23)25-11-26-28)21(29)27-5-4-22(2,24)10-27/h6-9,11H,4-5,10,24H2,1-3H3,(H2,23,25,26). The minimum Gasteiger partial charge on any atom is -0.495 e. The number of carbonyl (C=O) groups is 1. The second-order valence-corrected chi connectivity index (χ2v) is 9.53. The minimum absolute atomic E-state index is 0.108. The van der Waals surface area contributed by atoms with Crippen LogP contribution in [0.4, 0.5) is 5.82 Å². The van der Waals surface area contributed by atoms with Gasteiger partial charge in [-0.15, -0.1) is 11.3 Å². The summed E-state index contributed by atoms with van der Waals surface area (Å²) >= 11 is 1.60. The van der Waals surface area contributed by atoms with Crippen molar-refractivity contribution in [2.45, 2.75) is 25.8 Å². The van der Waals surface area contributed by atoms with Crippen molar-refractivity contribution >= 4 is 38.7 Å². The number of benzene rings is 1. The molecule has 1 saturated heterocycles. The van der Waals surface area contributed by atoms with Crippen LogP contribution in [0.5, 0.6) is 5.75 Å². The number of nitrogens with two attached hydrogens (primary N) is 2. The first-order valence-electron chi connectivity index (χ1n) is 10.1. The number of methoxy groups -OCH3 is 1. The van der Waals surface area contributed by atoms with E-state index in [1.807, 2.05) is 26.0 Å². The summed E-state index contributed by atoms with van der Waals surface area (Å²) in [4.78, 5) is 20.3. The molecular formula is C22H24N6O2S.